The first-order chi connectivity index (χ1) is 13.5. The third-order valence-electron chi connectivity index (χ3n) is 5.18. The highest BCUT2D eigenvalue weighted by Crippen LogP contribution is 2.44. The number of rotatable bonds is 4. The molecule has 0 unspecified atom stereocenters. The summed E-state index contributed by atoms with van der Waals surface area (Å²) in [7, 11) is 0. The summed E-state index contributed by atoms with van der Waals surface area (Å²) in [5, 5.41) is 0. The molecule has 0 bridgehead atoms. The molecule has 0 saturated carbocycles. The Kier molecular flexibility index (Phi) is 5.43. The van der Waals surface area contributed by atoms with Crippen LogP contribution in [0.25, 0.3) is 0 Å². The van der Waals surface area contributed by atoms with Gasteiger partial charge in [0.25, 0.3) is 0 Å². The van der Waals surface area contributed by atoms with Crippen LogP contribution in [0.15, 0.2) is 42.5 Å². The van der Waals surface area contributed by atoms with E-state index in [-0.39, 0.29) is 30.2 Å². The monoisotopic (exact) mass is 405 g/mol. The number of amides is 1. The van der Waals surface area contributed by atoms with Gasteiger partial charge in [-0.1, -0.05) is 44.2 Å². The molecule has 1 amide bonds. The Morgan fingerprint density at radius 2 is 1.79 bits per heavy atom. The van der Waals surface area contributed by atoms with Crippen LogP contribution in [0.4, 0.5) is 18.9 Å². The molecular weight excluding hydrogens is 383 g/mol. The van der Waals surface area contributed by atoms with Gasteiger partial charge in [-0.05, 0) is 42.0 Å². The lowest BCUT2D eigenvalue weighted by Crippen LogP contribution is -2.47. The molecule has 1 aliphatic heterocycles. The van der Waals surface area contributed by atoms with Crippen molar-refractivity contribution in [3.8, 4) is 5.75 Å². The number of nitrogens with zero attached hydrogens (tertiary/aromatic N) is 1. The normalized spacial score (nSPS) is 15.6. The predicted octanol–water partition coefficient (Wildman–Crippen LogP) is 5.04. The molecular formula is C22H22F3NO3. The van der Waals surface area contributed by atoms with Gasteiger partial charge in [-0.15, -0.1) is 0 Å². The van der Waals surface area contributed by atoms with E-state index in [1.807, 2.05) is 44.2 Å². The van der Waals surface area contributed by atoms with Gasteiger partial charge >= 0.3 is 12.1 Å². The van der Waals surface area contributed by atoms with E-state index < -0.39 is 17.5 Å². The van der Waals surface area contributed by atoms with Crippen molar-refractivity contribution >= 4 is 17.4 Å². The maximum atomic E-state index is 13.1. The number of alkyl halides is 3. The van der Waals surface area contributed by atoms with E-state index in [1.165, 1.54) is 13.0 Å². The zero-order chi connectivity index (χ0) is 21.4. The second kappa shape index (κ2) is 7.54. The lowest BCUT2D eigenvalue weighted by Gasteiger charge is -2.39. The Morgan fingerprint density at radius 1 is 1.14 bits per heavy atom. The molecule has 0 saturated heterocycles. The van der Waals surface area contributed by atoms with E-state index in [2.05, 4.69) is 0 Å². The zero-order valence-corrected chi connectivity index (χ0v) is 16.5. The van der Waals surface area contributed by atoms with Crippen LogP contribution in [0.3, 0.4) is 0 Å². The first-order valence-electron chi connectivity index (χ1n) is 9.25. The summed E-state index contributed by atoms with van der Waals surface area (Å²) in [6, 6.07) is 12.3. The van der Waals surface area contributed by atoms with Crippen LogP contribution in [0.1, 0.15) is 48.7 Å². The van der Waals surface area contributed by atoms with Crippen molar-refractivity contribution in [1.29, 1.82) is 0 Å². The molecule has 0 aromatic heterocycles. The van der Waals surface area contributed by atoms with Crippen molar-refractivity contribution in [3.63, 3.8) is 0 Å². The number of halogens is 3. The van der Waals surface area contributed by atoms with Crippen LogP contribution in [0.5, 0.6) is 5.75 Å². The maximum absolute atomic E-state index is 13.1. The van der Waals surface area contributed by atoms with Gasteiger partial charge in [-0.2, -0.15) is 13.2 Å². The highest BCUT2D eigenvalue weighted by Gasteiger charge is 2.46. The smallest absolute Gasteiger partial charge is 0.471 e. The average Bonchev–Trinajstić information content (AvgIpc) is 2.65. The van der Waals surface area contributed by atoms with Crippen LogP contribution < -0.4 is 9.64 Å². The second-order valence-electron chi connectivity index (χ2n) is 7.78. The van der Waals surface area contributed by atoms with E-state index in [1.54, 1.807) is 6.07 Å². The first-order valence-corrected chi connectivity index (χ1v) is 9.25. The van der Waals surface area contributed by atoms with Gasteiger partial charge in [0.15, 0.2) is 5.78 Å². The van der Waals surface area contributed by atoms with Gasteiger partial charge in [-0.25, -0.2) is 0 Å². The maximum Gasteiger partial charge on any atom is 0.471 e. The van der Waals surface area contributed by atoms with Gasteiger partial charge in [0.1, 0.15) is 12.4 Å². The molecule has 2 aromatic carbocycles. The average molecular weight is 405 g/mol. The van der Waals surface area contributed by atoms with Crippen LogP contribution in [0, 0.1) is 0 Å². The van der Waals surface area contributed by atoms with Gasteiger partial charge < -0.3 is 9.64 Å². The summed E-state index contributed by atoms with van der Waals surface area (Å²) in [6.45, 7) is 5.26. The van der Waals surface area contributed by atoms with Crippen molar-refractivity contribution in [2.24, 2.45) is 0 Å². The summed E-state index contributed by atoms with van der Waals surface area (Å²) in [5.41, 5.74) is 1.23. The summed E-state index contributed by atoms with van der Waals surface area (Å²) in [6.07, 6.45) is -4.63. The Morgan fingerprint density at radius 3 is 2.38 bits per heavy atom. The SMILES string of the molecule is CC(=O)c1cc2c(cc1OCc1ccccc1)C(C)(C)CCN2C(=O)C(F)(F)F. The number of carbonyl (C=O) groups is 2. The molecule has 0 fully saturated rings. The van der Waals surface area contributed by atoms with Crippen LogP contribution in [-0.2, 0) is 16.8 Å². The van der Waals surface area contributed by atoms with Gasteiger partial charge in [0.05, 0.1) is 5.56 Å². The quantitative estimate of drug-likeness (QED) is 0.669. The van der Waals surface area contributed by atoms with Crippen LogP contribution >= 0.6 is 0 Å². The fourth-order valence-electron chi connectivity index (χ4n) is 3.47. The lowest BCUT2D eigenvalue weighted by atomic mass is 9.77. The largest absolute Gasteiger partial charge is 0.488 e. The van der Waals surface area contributed by atoms with Crippen LogP contribution in [0.2, 0.25) is 0 Å². The van der Waals surface area contributed by atoms with Crippen molar-refractivity contribution in [3.05, 3.63) is 59.2 Å². The minimum absolute atomic E-state index is 0.0695. The van der Waals surface area contributed by atoms with E-state index >= 15 is 0 Å². The summed E-state index contributed by atoms with van der Waals surface area (Å²) >= 11 is 0. The predicted molar refractivity (Wildman–Crippen MR) is 103 cm³/mol. The van der Waals surface area contributed by atoms with Crippen molar-refractivity contribution in [1.82, 2.24) is 0 Å². The minimum Gasteiger partial charge on any atom is -0.488 e. The highest BCUT2D eigenvalue weighted by molar-refractivity contribution is 6.02. The Balaban J connectivity index is 2.06. The molecule has 1 aliphatic rings. The number of ketones is 1. The number of fused-ring (bicyclic) bond motifs is 1. The fraction of sp³-hybridized carbons (Fsp3) is 0.364. The number of hydrogen-bond donors (Lipinski definition) is 0. The molecule has 0 radical (unpaired) electrons. The van der Waals surface area contributed by atoms with Gasteiger partial charge in [-0.3, -0.25) is 9.59 Å². The molecule has 7 heteroatoms. The molecule has 0 atom stereocenters. The minimum atomic E-state index is -4.99. The van der Waals surface area contributed by atoms with E-state index in [4.69, 9.17) is 4.74 Å². The molecule has 1 heterocycles. The topological polar surface area (TPSA) is 46.6 Å². The third-order valence-corrected chi connectivity index (χ3v) is 5.18. The molecule has 154 valence electrons. The van der Waals surface area contributed by atoms with Crippen LogP contribution in [-0.4, -0.2) is 24.4 Å². The zero-order valence-electron chi connectivity index (χ0n) is 16.5. The molecule has 0 N–H and O–H groups in total. The third kappa shape index (κ3) is 4.28. The van der Waals surface area contributed by atoms with Gasteiger partial charge in [0.2, 0.25) is 0 Å². The lowest BCUT2D eigenvalue weighted by molar-refractivity contribution is -0.170. The highest BCUT2D eigenvalue weighted by atomic mass is 19.4. The Labute approximate surface area is 167 Å². The first kappa shape index (κ1) is 20.9. The number of ether oxygens (including phenoxy) is 1. The standard InChI is InChI=1S/C22H22F3NO3/c1-14(27)16-11-18-17(12-19(16)29-13-15-7-5-4-6-8-15)21(2,3)9-10-26(18)20(28)22(23,24)25/h4-8,11-12H,9-10,13H2,1-3H3. The summed E-state index contributed by atoms with van der Waals surface area (Å²) in [4.78, 5) is 24.9. The van der Waals surface area contributed by atoms with Crippen molar-refractivity contribution in [2.75, 3.05) is 11.4 Å². The molecule has 0 aliphatic carbocycles. The second-order valence-corrected chi connectivity index (χ2v) is 7.78. The van der Waals surface area contributed by atoms with E-state index in [0.29, 0.717) is 22.6 Å². The number of Topliss-reactive ketones (excluding diaryl/α,β-unsaturated/α-hetero) is 1. The van der Waals surface area contributed by atoms with Crippen molar-refractivity contribution < 1.29 is 27.5 Å². The number of benzene rings is 2. The summed E-state index contributed by atoms with van der Waals surface area (Å²) in [5.74, 6) is -1.98. The molecule has 3 rings (SSSR count). The molecule has 4 nitrogen and oxygen atoms in total. The number of anilines is 1. The Bertz CT molecular complexity index is 936. The number of carbonyl (C=O) groups excluding carboxylic acids is 2. The van der Waals surface area contributed by atoms with Crippen molar-refractivity contribution in [2.45, 2.75) is 45.4 Å². The van der Waals surface area contributed by atoms with Gasteiger partial charge in [0, 0.05) is 12.2 Å². The molecule has 2 aromatic rings. The molecule has 29 heavy (non-hydrogen) atoms. The molecule has 0 spiro atoms. The van der Waals surface area contributed by atoms with E-state index in [9.17, 15) is 22.8 Å². The van der Waals surface area contributed by atoms with E-state index in [0.717, 1.165) is 5.56 Å². The number of hydrogen-bond acceptors (Lipinski definition) is 3. The summed E-state index contributed by atoms with van der Waals surface area (Å²) < 4.78 is 45.1. The fourth-order valence-corrected chi connectivity index (χ4v) is 3.47. The Hall–Kier alpha value is -2.83.